The maximum atomic E-state index is 13.9. The molecule has 2 rings (SSSR count). The van der Waals surface area contributed by atoms with Gasteiger partial charge in [-0.15, -0.1) is 11.6 Å². The number of para-hydroxylation sites is 1. The van der Waals surface area contributed by atoms with E-state index < -0.39 is 0 Å². The van der Waals surface area contributed by atoms with Gasteiger partial charge in [-0.05, 0) is 31.4 Å². The van der Waals surface area contributed by atoms with Crippen molar-refractivity contribution in [3.63, 3.8) is 0 Å². The molecule has 104 valence electrons. The van der Waals surface area contributed by atoms with Crippen LogP contribution >= 0.6 is 11.6 Å². The predicted octanol–water partition coefficient (Wildman–Crippen LogP) is 5.08. The second kappa shape index (κ2) is 5.49. The van der Waals surface area contributed by atoms with E-state index >= 15 is 0 Å². The Kier molecular flexibility index (Phi) is 4.14. The molecule has 0 aliphatic rings. The summed E-state index contributed by atoms with van der Waals surface area (Å²) in [5.74, 6) is 0.913. The molecule has 0 amide bonds. The molecule has 2 atom stereocenters. The van der Waals surface area contributed by atoms with Gasteiger partial charge in [-0.25, -0.2) is 9.37 Å². The predicted molar refractivity (Wildman–Crippen MR) is 78.1 cm³/mol. The first kappa shape index (κ1) is 14.3. The quantitative estimate of drug-likeness (QED) is 0.715. The lowest BCUT2D eigenvalue weighted by molar-refractivity contribution is 0.364. The van der Waals surface area contributed by atoms with E-state index in [1.165, 1.54) is 6.07 Å². The van der Waals surface area contributed by atoms with Gasteiger partial charge in [0.25, 0.3) is 0 Å². The van der Waals surface area contributed by atoms with Gasteiger partial charge in [-0.2, -0.15) is 0 Å². The van der Waals surface area contributed by atoms with Crippen LogP contribution in [0.5, 0.6) is 0 Å². The monoisotopic (exact) mass is 282 g/mol. The summed E-state index contributed by atoms with van der Waals surface area (Å²) in [5.41, 5.74) is 1.26. The Hall–Kier alpha value is -1.09. The fraction of sp³-hybridized carbons (Fsp3) is 0.533. The third-order valence-corrected chi connectivity index (χ3v) is 3.77. The molecule has 0 saturated carbocycles. The Morgan fingerprint density at radius 2 is 2.00 bits per heavy atom. The zero-order chi connectivity index (χ0) is 14.2. The molecule has 1 aromatic heterocycles. The first-order valence-corrected chi connectivity index (χ1v) is 7.21. The van der Waals surface area contributed by atoms with Crippen LogP contribution in [0, 0.1) is 11.7 Å². The molecule has 2 nitrogen and oxygen atoms in total. The van der Waals surface area contributed by atoms with Crippen molar-refractivity contribution in [1.29, 1.82) is 0 Å². The van der Waals surface area contributed by atoms with E-state index in [2.05, 4.69) is 30.3 Å². The minimum atomic E-state index is -0.284. The van der Waals surface area contributed by atoms with Crippen molar-refractivity contribution >= 4 is 22.6 Å². The van der Waals surface area contributed by atoms with E-state index in [1.807, 2.05) is 13.0 Å². The third kappa shape index (κ3) is 2.48. The van der Waals surface area contributed by atoms with Gasteiger partial charge in [0, 0.05) is 6.04 Å². The highest BCUT2D eigenvalue weighted by molar-refractivity contribution is 6.20. The minimum Gasteiger partial charge on any atom is -0.323 e. The smallest absolute Gasteiger partial charge is 0.151 e. The molecular weight excluding hydrogens is 263 g/mol. The Bertz CT molecular complexity index is 575. The highest BCUT2D eigenvalue weighted by atomic mass is 35.5. The van der Waals surface area contributed by atoms with Crippen molar-refractivity contribution in [1.82, 2.24) is 9.55 Å². The fourth-order valence-electron chi connectivity index (χ4n) is 2.68. The lowest BCUT2D eigenvalue weighted by atomic mass is 10.0. The highest BCUT2D eigenvalue weighted by Crippen LogP contribution is 2.33. The summed E-state index contributed by atoms with van der Waals surface area (Å²) in [7, 11) is 0. The summed E-state index contributed by atoms with van der Waals surface area (Å²) in [5, 5.41) is -0.236. The summed E-state index contributed by atoms with van der Waals surface area (Å²) in [6, 6.07) is 5.37. The fourth-order valence-corrected chi connectivity index (χ4v) is 2.84. The Morgan fingerprint density at radius 3 is 2.53 bits per heavy atom. The van der Waals surface area contributed by atoms with Gasteiger partial charge < -0.3 is 4.57 Å². The maximum absolute atomic E-state index is 13.9. The van der Waals surface area contributed by atoms with Crippen molar-refractivity contribution in [2.24, 2.45) is 5.92 Å². The van der Waals surface area contributed by atoms with Crippen LogP contribution in [0.25, 0.3) is 11.0 Å². The van der Waals surface area contributed by atoms with Crippen LogP contribution in [0.1, 0.15) is 51.4 Å². The maximum Gasteiger partial charge on any atom is 0.151 e. The van der Waals surface area contributed by atoms with Gasteiger partial charge in [-0.3, -0.25) is 0 Å². The molecule has 2 unspecified atom stereocenters. The summed E-state index contributed by atoms with van der Waals surface area (Å²) in [6.45, 7) is 8.35. The summed E-state index contributed by atoms with van der Waals surface area (Å²) < 4.78 is 16.0. The SMILES string of the molecule is CCC(C(C)C)n1c(C(C)Cl)nc2c(F)cccc21. The van der Waals surface area contributed by atoms with Crippen LogP contribution in [-0.4, -0.2) is 9.55 Å². The first-order chi connectivity index (χ1) is 8.97. The average molecular weight is 283 g/mol. The van der Waals surface area contributed by atoms with Gasteiger partial charge in [0.05, 0.1) is 10.9 Å². The highest BCUT2D eigenvalue weighted by Gasteiger charge is 2.23. The molecule has 0 N–H and O–H groups in total. The molecule has 1 heterocycles. The van der Waals surface area contributed by atoms with Crippen molar-refractivity contribution in [2.45, 2.75) is 45.5 Å². The number of hydrogen-bond acceptors (Lipinski definition) is 1. The number of rotatable bonds is 4. The summed E-state index contributed by atoms with van der Waals surface area (Å²) in [4.78, 5) is 4.42. The van der Waals surface area contributed by atoms with E-state index in [-0.39, 0.29) is 17.2 Å². The van der Waals surface area contributed by atoms with Gasteiger partial charge in [0.2, 0.25) is 0 Å². The topological polar surface area (TPSA) is 17.8 Å². The summed E-state index contributed by atoms with van der Waals surface area (Å²) >= 11 is 6.23. The minimum absolute atomic E-state index is 0.236. The van der Waals surface area contributed by atoms with E-state index in [9.17, 15) is 4.39 Å². The second-order valence-electron chi connectivity index (χ2n) is 5.28. The third-order valence-electron chi connectivity index (χ3n) is 3.57. The van der Waals surface area contributed by atoms with Crippen LogP contribution in [0.4, 0.5) is 4.39 Å². The largest absolute Gasteiger partial charge is 0.323 e. The van der Waals surface area contributed by atoms with Gasteiger partial charge in [0.15, 0.2) is 5.82 Å². The Balaban J connectivity index is 2.75. The molecule has 0 spiro atoms. The van der Waals surface area contributed by atoms with Gasteiger partial charge >= 0.3 is 0 Å². The molecule has 1 aromatic carbocycles. The normalized spacial score (nSPS) is 15.1. The molecule has 19 heavy (non-hydrogen) atoms. The molecule has 0 aliphatic carbocycles. The first-order valence-electron chi connectivity index (χ1n) is 6.77. The number of alkyl halides is 1. The van der Waals surface area contributed by atoms with E-state index in [0.29, 0.717) is 11.4 Å². The van der Waals surface area contributed by atoms with Crippen molar-refractivity contribution in [2.75, 3.05) is 0 Å². The molecule has 4 heteroatoms. The van der Waals surface area contributed by atoms with Crippen LogP contribution in [0.2, 0.25) is 0 Å². The second-order valence-corrected chi connectivity index (χ2v) is 5.94. The number of nitrogens with zero attached hydrogens (tertiary/aromatic N) is 2. The average Bonchev–Trinajstić information content (AvgIpc) is 2.71. The Morgan fingerprint density at radius 1 is 1.32 bits per heavy atom. The molecule has 2 aromatic rings. The van der Waals surface area contributed by atoms with Crippen LogP contribution in [-0.2, 0) is 0 Å². The van der Waals surface area contributed by atoms with Crippen molar-refractivity contribution in [3.05, 3.63) is 29.8 Å². The number of imidazole rings is 1. The zero-order valence-corrected chi connectivity index (χ0v) is 12.6. The molecule has 0 radical (unpaired) electrons. The number of fused-ring (bicyclic) bond motifs is 1. The number of benzene rings is 1. The number of aromatic nitrogens is 2. The van der Waals surface area contributed by atoms with Crippen molar-refractivity contribution in [3.8, 4) is 0 Å². The van der Waals surface area contributed by atoms with E-state index in [1.54, 1.807) is 6.07 Å². The number of hydrogen-bond donors (Lipinski definition) is 0. The summed E-state index contributed by atoms with van der Waals surface area (Å²) in [6.07, 6.45) is 0.969. The van der Waals surface area contributed by atoms with Crippen LogP contribution < -0.4 is 0 Å². The van der Waals surface area contributed by atoms with Gasteiger partial charge in [-0.1, -0.05) is 26.8 Å². The lowest BCUT2D eigenvalue weighted by Crippen LogP contribution is -2.17. The van der Waals surface area contributed by atoms with E-state index in [4.69, 9.17) is 11.6 Å². The standard InChI is InChI=1S/C15H20ClFN2/c1-5-12(9(2)3)19-13-8-6-7-11(17)14(13)18-15(19)10(4)16/h6-10,12H,5H2,1-4H3. The van der Waals surface area contributed by atoms with Crippen LogP contribution in [0.15, 0.2) is 18.2 Å². The van der Waals surface area contributed by atoms with E-state index in [0.717, 1.165) is 17.8 Å². The lowest BCUT2D eigenvalue weighted by Gasteiger charge is -2.24. The van der Waals surface area contributed by atoms with Gasteiger partial charge in [0.1, 0.15) is 11.3 Å². The zero-order valence-electron chi connectivity index (χ0n) is 11.8. The molecular formula is C15H20ClFN2. The van der Waals surface area contributed by atoms with Crippen molar-refractivity contribution < 1.29 is 4.39 Å². The molecule has 0 saturated heterocycles. The molecule has 0 fully saturated rings. The number of halogens is 2. The Labute approximate surface area is 118 Å². The molecule has 0 aliphatic heterocycles. The molecule has 0 bridgehead atoms. The van der Waals surface area contributed by atoms with Crippen LogP contribution in [0.3, 0.4) is 0 Å².